The summed E-state index contributed by atoms with van der Waals surface area (Å²) in [5.41, 5.74) is 2.87. The molecule has 0 fully saturated rings. The van der Waals surface area contributed by atoms with Gasteiger partial charge in [-0.1, -0.05) is 29.8 Å². The number of imide groups is 1. The molecule has 6 heteroatoms. The third-order valence-electron chi connectivity index (χ3n) is 4.19. The van der Waals surface area contributed by atoms with Gasteiger partial charge in [-0.15, -0.1) is 10.2 Å². The molecule has 0 atom stereocenters. The van der Waals surface area contributed by atoms with Crippen LogP contribution in [-0.4, -0.2) is 33.5 Å². The van der Waals surface area contributed by atoms with Crippen molar-refractivity contribution in [2.45, 2.75) is 13.3 Å². The highest BCUT2D eigenvalue weighted by molar-refractivity contribution is 6.21. The van der Waals surface area contributed by atoms with E-state index in [1.54, 1.807) is 24.3 Å². The summed E-state index contributed by atoms with van der Waals surface area (Å²) in [6.45, 7) is 2.22. The summed E-state index contributed by atoms with van der Waals surface area (Å²) in [4.78, 5) is 25.9. The molecule has 1 aromatic heterocycles. The molecule has 0 saturated carbocycles. The highest BCUT2D eigenvalue weighted by Gasteiger charge is 2.34. The maximum absolute atomic E-state index is 12.3. The van der Waals surface area contributed by atoms with Crippen LogP contribution in [0.1, 0.15) is 32.2 Å². The molecule has 0 spiro atoms. The van der Waals surface area contributed by atoms with Crippen molar-refractivity contribution in [1.29, 1.82) is 0 Å². The SMILES string of the molecule is Cc1ccc(-c2nnc(CCN3C(=O)c4ccccc4C3=O)o2)cc1. The van der Waals surface area contributed by atoms with E-state index in [1.165, 1.54) is 4.90 Å². The largest absolute Gasteiger partial charge is 0.421 e. The minimum atomic E-state index is -0.279. The van der Waals surface area contributed by atoms with E-state index in [-0.39, 0.29) is 18.4 Å². The Hall–Kier alpha value is -3.28. The van der Waals surface area contributed by atoms with E-state index >= 15 is 0 Å². The van der Waals surface area contributed by atoms with Gasteiger partial charge in [-0.05, 0) is 31.2 Å². The van der Waals surface area contributed by atoms with Crippen molar-refractivity contribution in [3.63, 3.8) is 0 Å². The number of fused-ring (bicyclic) bond motifs is 1. The van der Waals surface area contributed by atoms with Crippen LogP contribution >= 0.6 is 0 Å². The van der Waals surface area contributed by atoms with Crippen LogP contribution < -0.4 is 0 Å². The molecule has 6 nitrogen and oxygen atoms in total. The first-order valence-corrected chi connectivity index (χ1v) is 7.98. The predicted octanol–water partition coefficient (Wildman–Crippen LogP) is 2.88. The fourth-order valence-electron chi connectivity index (χ4n) is 2.82. The van der Waals surface area contributed by atoms with Gasteiger partial charge in [0.2, 0.25) is 11.8 Å². The Labute approximate surface area is 144 Å². The first-order valence-electron chi connectivity index (χ1n) is 7.98. The Morgan fingerprint density at radius 3 is 2.20 bits per heavy atom. The monoisotopic (exact) mass is 333 g/mol. The van der Waals surface area contributed by atoms with Gasteiger partial charge < -0.3 is 4.42 Å². The Kier molecular flexibility index (Phi) is 3.65. The van der Waals surface area contributed by atoms with Gasteiger partial charge in [0.1, 0.15) is 0 Å². The molecule has 2 heterocycles. The standard InChI is InChI=1S/C19H15N3O3/c1-12-6-8-13(9-7-12)17-21-20-16(25-17)10-11-22-18(23)14-4-2-3-5-15(14)19(22)24/h2-9H,10-11H2,1H3. The van der Waals surface area contributed by atoms with E-state index in [0.29, 0.717) is 29.3 Å². The topological polar surface area (TPSA) is 76.3 Å². The number of benzene rings is 2. The molecule has 0 radical (unpaired) electrons. The average Bonchev–Trinajstić information content (AvgIpc) is 3.19. The van der Waals surface area contributed by atoms with Crippen LogP contribution in [0.4, 0.5) is 0 Å². The first-order chi connectivity index (χ1) is 12.1. The number of carbonyl (C=O) groups is 2. The smallest absolute Gasteiger partial charge is 0.261 e. The molecule has 4 rings (SSSR count). The van der Waals surface area contributed by atoms with Crippen LogP contribution in [0.25, 0.3) is 11.5 Å². The molecule has 0 bridgehead atoms. The summed E-state index contributed by atoms with van der Waals surface area (Å²) < 4.78 is 5.65. The van der Waals surface area contributed by atoms with Crippen molar-refractivity contribution < 1.29 is 14.0 Å². The lowest BCUT2D eigenvalue weighted by Crippen LogP contribution is -2.31. The summed E-state index contributed by atoms with van der Waals surface area (Å²) in [7, 11) is 0. The highest BCUT2D eigenvalue weighted by Crippen LogP contribution is 2.23. The maximum atomic E-state index is 12.3. The third kappa shape index (κ3) is 2.71. The van der Waals surface area contributed by atoms with Gasteiger partial charge in [0.05, 0.1) is 11.1 Å². The molecule has 25 heavy (non-hydrogen) atoms. The number of hydrogen-bond donors (Lipinski definition) is 0. The van der Waals surface area contributed by atoms with Gasteiger partial charge in [0.25, 0.3) is 11.8 Å². The van der Waals surface area contributed by atoms with Crippen molar-refractivity contribution in [1.82, 2.24) is 15.1 Å². The molecule has 1 aliphatic heterocycles. The minimum absolute atomic E-state index is 0.210. The molecular formula is C19H15N3O3. The van der Waals surface area contributed by atoms with Crippen LogP contribution in [0.3, 0.4) is 0 Å². The van der Waals surface area contributed by atoms with E-state index in [0.717, 1.165) is 11.1 Å². The van der Waals surface area contributed by atoms with Gasteiger partial charge in [0, 0.05) is 18.5 Å². The number of amides is 2. The summed E-state index contributed by atoms with van der Waals surface area (Å²) in [5.74, 6) is 0.266. The lowest BCUT2D eigenvalue weighted by molar-refractivity contribution is 0.0654. The molecule has 124 valence electrons. The van der Waals surface area contributed by atoms with E-state index in [4.69, 9.17) is 4.42 Å². The summed E-state index contributed by atoms with van der Waals surface area (Å²) in [5, 5.41) is 8.04. The second-order valence-electron chi connectivity index (χ2n) is 5.92. The normalized spacial score (nSPS) is 13.4. The van der Waals surface area contributed by atoms with E-state index in [9.17, 15) is 9.59 Å². The lowest BCUT2D eigenvalue weighted by atomic mass is 10.1. The molecule has 0 aliphatic carbocycles. The van der Waals surface area contributed by atoms with Crippen LogP contribution in [0.5, 0.6) is 0 Å². The average molecular weight is 333 g/mol. The highest BCUT2D eigenvalue weighted by atomic mass is 16.4. The van der Waals surface area contributed by atoms with Crippen molar-refractivity contribution in [3.05, 3.63) is 71.1 Å². The zero-order chi connectivity index (χ0) is 17.4. The van der Waals surface area contributed by atoms with Crippen molar-refractivity contribution in [3.8, 4) is 11.5 Å². The van der Waals surface area contributed by atoms with Crippen LogP contribution in [0, 0.1) is 6.92 Å². The number of rotatable bonds is 4. The van der Waals surface area contributed by atoms with Crippen LogP contribution in [0.15, 0.2) is 52.9 Å². The van der Waals surface area contributed by atoms with Crippen molar-refractivity contribution >= 4 is 11.8 Å². The summed E-state index contributed by atoms with van der Waals surface area (Å²) in [6, 6.07) is 14.6. The third-order valence-corrected chi connectivity index (χ3v) is 4.19. The number of nitrogens with zero attached hydrogens (tertiary/aromatic N) is 3. The molecule has 2 amide bonds. The van der Waals surface area contributed by atoms with Gasteiger partial charge in [0.15, 0.2) is 0 Å². The number of hydrogen-bond acceptors (Lipinski definition) is 5. The van der Waals surface area contributed by atoms with Crippen LogP contribution in [-0.2, 0) is 6.42 Å². The maximum Gasteiger partial charge on any atom is 0.261 e. The fourth-order valence-corrected chi connectivity index (χ4v) is 2.82. The Morgan fingerprint density at radius 1 is 0.920 bits per heavy atom. The molecule has 3 aromatic rings. The van der Waals surface area contributed by atoms with Gasteiger partial charge >= 0.3 is 0 Å². The zero-order valence-corrected chi connectivity index (χ0v) is 13.6. The summed E-state index contributed by atoms with van der Waals surface area (Å²) in [6.07, 6.45) is 0.324. The van der Waals surface area contributed by atoms with Crippen molar-refractivity contribution in [2.75, 3.05) is 6.54 Å². The van der Waals surface area contributed by atoms with E-state index < -0.39 is 0 Å². The number of aromatic nitrogens is 2. The molecule has 0 unspecified atom stereocenters. The van der Waals surface area contributed by atoms with Crippen LogP contribution in [0.2, 0.25) is 0 Å². The van der Waals surface area contributed by atoms with E-state index in [2.05, 4.69) is 10.2 Å². The number of carbonyl (C=O) groups excluding carboxylic acids is 2. The molecule has 1 aliphatic rings. The predicted molar refractivity (Wildman–Crippen MR) is 90.0 cm³/mol. The molecule has 2 aromatic carbocycles. The van der Waals surface area contributed by atoms with Gasteiger partial charge in [-0.3, -0.25) is 14.5 Å². The molecular weight excluding hydrogens is 318 g/mol. The Morgan fingerprint density at radius 2 is 1.56 bits per heavy atom. The minimum Gasteiger partial charge on any atom is -0.421 e. The van der Waals surface area contributed by atoms with Gasteiger partial charge in [-0.2, -0.15) is 0 Å². The lowest BCUT2D eigenvalue weighted by Gasteiger charge is -2.11. The van der Waals surface area contributed by atoms with Gasteiger partial charge in [-0.25, -0.2) is 0 Å². The fraction of sp³-hybridized carbons (Fsp3) is 0.158. The first kappa shape index (κ1) is 15.3. The second-order valence-corrected chi connectivity index (χ2v) is 5.92. The Balaban J connectivity index is 1.47. The molecule has 0 saturated heterocycles. The van der Waals surface area contributed by atoms with E-state index in [1.807, 2.05) is 31.2 Å². The van der Waals surface area contributed by atoms with Crippen molar-refractivity contribution in [2.24, 2.45) is 0 Å². The Bertz CT molecular complexity index is 925. The quantitative estimate of drug-likeness (QED) is 0.686. The summed E-state index contributed by atoms with van der Waals surface area (Å²) >= 11 is 0. The zero-order valence-electron chi connectivity index (χ0n) is 13.6. The number of aryl methyl sites for hydroxylation is 1. The molecule has 0 N–H and O–H groups in total. The second kappa shape index (κ2) is 5.98.